The number of nitrogens with zero attached hydrogens (tertiary/aromatic N) is 1. The summed E-state index contributed by atoms with van der Waals surface area (Å²) < 4.78 is 6.36. The molecule has 4 aliphatic rings. The topological polar surface area (TPSA) is 65.0 Å². The molecule has 0 radical (unpaired) electrons. The third kappa shape index (κ3) is 1.44. The van der Waals surface area contributed by atoms with Gasteiger partial charge >= 0.3 is 0 Å². The average Bonchev–Trinajstić information content (AvgIpc) is 2.92. The highest BCUT2D eigenvalue weighted by atomic mass is 16.5. The number of phenols is 1. The van der Waals surface area contributed by atoms with Crippen molar-refractivity contribution in [2.45, 2.75) is 61.8 Å². The maximum atomic E-state index is 12.0. The molecule has 1 aromatic carbocycles. The van der Waals surface area contributed by atoms with Crippen LogP contribution >= 0.6 is 0 Å². The summed E-state index contributed by atoms with van der Waals surface area (Å²) >= 11 is 0. The predicted molar refractivity (Wildman–Crippen MR) is 90.6 cm³/mol. The molecule has 2 heterocycles. The zero-order valence-electron chi connectivity index (χ0n) is 14.4. The fraction of sp³-hybridized carbons (Fsp3) is 0.684. The fourth-order valence-corrected chi connectivity index (χ4v) is 6.31. The van der Waals surface area contributed by atoms with Crippen molar-refractivity contribution in [3.05, 3.63) is 23.3 Å². The van der Waals surface area contributed by atoms with Crippen LogP contribution in [0.3, 0.4) is 0 Å². The molecule has 1 aromatic rings. The van der Waals surface area contributed by atoms with Crippen LogP contribution in [0.25, 0.3) is 0 Å². The van der Waals surface area contributed by atoms with E-state index in [0.717, 1.165) is 44.3 Å². The summed E-state index contributed by atoms with van der Waals surface area (Å²) in [5.74, 6) is 0.840. The first kappa shape index (κ1) is 15.0. The summed E-state index contributed by atoms with van der Waals surface area (Å²) in [6.45, 7) is 4.12. The second kappa shape index (κ2) is 4.65. The molecule has 2 bridgehead atoms. The van der Waals surface area contributed by atoms with Gasteiger partial charge in [0.2, 0.25) is 0 Å². The van der Waals surface area contributed by atoms with Crippen LogP contribution in [0.5, 0.6) is 11.5 Å². The zero-order chi connectivity index (χ0) is 16.7. The lowest BCUT2D eigenvalue weighted by atomic mass is 9.48. The van der Waals surface area contributed by atoms with E-state index < -0.39 is 11.0 Å². The van der Waals surface area contributed by atoms with E-state index in [1.165, 1.54) is 5.56 Å². The minimum atomic E-state index is -0.773. The first-order valence-electron chi connectivity index (χ1n) is 9.22. The van der Waals surface area contributed by atoms with Crippen molar-refractivity contribution < 1.29 is 14.9 Å². The molecule has 5 nitrogen and oxygen atoms in total. The second-order valence-electron chi connectivity index (χ2n) is 7.91. The van der Waals surface area contributed by atoms with E-state index in [2.05, 4.69) is 17.1 Å². The molecule has 130 valence electrons. The normalized spacial score (nSPS) is 42.5. The fourth-order valence-electron chi connectivity index (χ4n) is 6.31. The molecule has 1 unspecified atom stereocenters. The Morgan fingerprint density at radius 3 is 2.96 bits per heavy atom. The molecule has 5 rings (SSSR count). The van der Waals surface area contributed by atoms with Crippen LogP contribution in [0.15, 0.2) is 12.1 Å². The Morgan fingerprint density at radius 1 is 1.38 bits per heavy atom. The van der Waals surface area contributed by atoms with E-state index in [4.69, 9.17) is 4.74 Å². The average molecular weight is 330 g/mol. The van der Waals surface area contributed by atoms with Gasteiger partial charge in [0.25, 0.3) is 0 Å². The lowest BCUT2D eigenvalue weighted by Crippen LogP contribution is -2.77. The summed E-state index contributed by atoms with van der Waals surface area (Å²) in [6, 6.07) is 4.14. The van der Waals surface area contributed by atoms with Crippen LogP contribution in [0.1, 0.15) is 37.3 Å². The number of piperidine rings is 1. The van der Waals surface area contributed by atoms with Gasteiger partial charge in [0.15, 0.2) is 11.5 Å². The lowest BCUT2D eigenvalue weighted by Gasteiger charge is -2.64. The molecule has 1 saturated carbocycles. The molecular weight excluding hydrogens is 304 g/mol. The van der Waals surface area contributed by atoms with Gasteiger partial charge < -0.3 is 20.3 Å². The molecule has 5 atom stereocenters. The van der Waals surface area contributed by atoms with Gasteiger partial charge in [-0.3, -0.25) is 4.90 Å². The number of likely N-dealkylation sites (tertiary alicyclic amines) is 1. The molecule has 2 fully saturated rings. The van der Waals surface area contributed by atoms with Crippen molar-refractivity contribution in [3.8, 4) is 11.5 Å². The quantitative estimate of drug-likeness (QED) is 0.759. The maximum Gasteiger partial charge on any atom is 0.165 e. The number of hydrogen-bond acceptors (Lipinski definition) is 5. The summed E-state index contributed by atoms with van der Waals surface area (Å²) in [5, 5.41) is 25.8. The van der Waals surface area contributed by atoms with Gasteiger partial charge in [-0.15, -0.1) is 0 Å². The van der Waals surface area contributed by atoms with E-state index in [1.54, 1.807) is 6.07 Å². The Hall–Kier alpha value is -1.30. The Morgan fingerprint density at radius 2 is 2.21 bits per heavy atom. The Bertz CT molecular complexity index is 708. The molecule has 1 spiro atoms. The Kier molecular flexibility index (Phi) is 2.91. The van der Waals surface area contributed by atoms with Gasteiger partial charge in [-0.25, -0.2) is 0 Å². The number of nitrogens with one attached hydrogen (secondary N) is 1. The van der Waals surface area contributed by atoms with Gasteiger partial charge in [0.05, 0.1) is 11.0 Å². The van der Waals surface area contributed by atoms with Crippen molar-refractivity contribution in [2.24, 2.45) is 0 Å². The largest absolute Gasteiger partial charge is 0.504 e. The van der Waals surface area contributed by atoms with E-state index in [9.17, 15) is 10.2 Å². The van der Waals surface area contributed by atoms with Crippen molar-refractivity contribution in [1.29, 1.82) is 0 Å². The molecule has 2 aliphatic heterocycles. The second-order valence-corrected chi connectivity index (χ2v) is 7.91. The number of rotatable bonds is 2. The minimum Gasteiger partial charge on any atom is -0.504 e. The Labute approximate surface area is 142 Å². The van der Waals surface area contributed by atoms with Crippen LogP contribution in [0.2, 0.25) is 0 Å². The smallest absolute Gasteiger partial charge is 0.165 e. The number of aliphatic hydroxyl groups is 1. The first-order valence-corrected chi connectivity index (χ1v) is 9.22. The van der Waals surface area contributed by atoms with Crippen LogP contribution in [-0.4, -0.2) is 59.0 Å². The minimum absolute atomic E-state index is 0.106. The summed E-state index contributed by atoms with van der Waals surface area (Å²) in [6.07, 6.45) is 3.31. The van der Waals surface area contributed by atoms with Crippen LogP contribution in [-0.2, 0) is 11.8 Å². The lowest BCUT2D eigenvalue weighted by molar-refractivity contribution is -0.190. The van der Waals surface area contributed by atoms with Gasteiger partial charge in [0, 0.05) is 17.6 Å². The van der Waals surface area contributed by atoms with Crippen molar-refractivity contribution in [2.75, 3.05) is 20.1 Å². The summed E-state index contributed by atoms with van der Waals surface area (Å²) in [5.41, 5.74) is 1.18. The van der Waals surface area contributed by atoms with Crippen LogP contribution in [0, 0.1) is 0 Å². The standard InChI is InChI=1S/C19H26N2O3/c1-3-21-9-8-18-15-11-4-5-13(22)16(15)24-17(18)12(20-2)6-7-19(18,23)14(21)10-11/h4-5,12,14,17,20,22-23H,3,6-10H2,1-2H3/t12?,14-,17+,18+,19-/m1/s1. The molecule has 3 N–H and O–H groups in total. The number of likely N-dealkylation sites (N-methyl/N-ethyl adjacent to an activating group) is 2. The highest BCUT2D eigenvalue weighted by Crippen LogP contribution is 2.65. The number of ether oxygens (including phenoxy) is 1. The van der Waals surface area contributed by atoms with E-state index in [0.29, 0.717) is 5.75 Å². The molecule has 24 heavy (non-hydrogen) atoms. The van der Waals surface area contributed by atoms with Crippen LogP contribution in [0.4, 0.5) is 0 Å². The van der Waals surface area contributed by atoms with E-state index in [1.807, 2.05) is 13.1 Å². The van der Waals surface area contributed by atoms with Gasteiger partial charge in [-0.2, -0.15) is 0 Å². The van der Waals surface area contributed by atoms with Crippen LogP contribution < -0.4 is 10.1 Å². The van der Waals surface area contributed by atoms with Gasteiger partial charge in [0.1, 0.15) is 6.10 Å². The van der Waals surface area contributed by atoms with E-state index in [-0.39, 0.29) is 23.9 Å². The first-order chi connectivity index (χ1) is 11.6. The summed E-state index contributed by atoms with van der Waals surface area (Å²) in [4.78, 5) is 2.44. The third-order valence-electron chi connectivity index (χ3n) is 7.35. The highest BCUT2D eigenvalue weighted by molar-refractivity contribution is 5.62. The van der Waals surface area contributed by atoms with E-state index >= 15 is 0 Å². The van der Waals surface area contributed by atoms with Gasteiger partial charge in [-0.1, -0.05) is 13.0 Å². The van der Waals surface area contributed by atoms with Gasteiger partial charge in [-0.05, 0) is 57.5 Å². The SMILES string of the molecule is CCN1CC[C@]23c4c5ccc(O)c4O[C@H]2C(NC)CC[C@@]3(O)[C@H]1C5. The molecule has 0 amide bonds. The molecule has 2 aliphatic carbocycles. The predicted octanol–water partition coefficient (Wildman–Crippen LogP) is 1.15. The van der Waals surface area contributed by atoms with Crippen molar-refractivity contribution >= 4 is 0 Å². The third-order valence-corrected chi connectivity index (χ3v) is 7.35. The molecular formula is C19H26N2O3. The number of phenolic OH excluding ortho intramolecular Hbond substituents is 1. The molecule has 1 saturated heterocycles. The monoisotopic (exact) mass is 330 g/mol. The Balaban J connectivity index is 1.80. The van der Waals surface area contributed by atoms with Crippen molar-refractivity contribution in [3.63, 3.8) is 0 Å². The number of hydrogen-bond donors (Lipinski definition) is 3. The maximum absolute atomic E-state index is 12.0. The molecule has 5 heteroatoms. The zero-order valence-corrected chi connectivity index (χ0v) is 14.4. The summed E-state index contributed by atoms with van der Waals surface area (Å²) in [7, 11) is 1.97. The number of benzene rings is 1. The molecule has 0 aromatic heterocycles. The highest BCUT2D eigenvalue weighted by Gasteiger charge is 2.72. The number of aromatic hydroxyl groups is 1. The van der Waals surface area contributed by atoms with Crippen molar-refractivity contribution in [1.82, 2.24) is 10.2 Å².